The lowest BCUT2D eigenvalue weighted by atomic mass is 9.98. The van der Waals surface area contributed by atoms with Gasteiger partial charge < -0.3 is 14.8 Å². The van der Waals surface area contributed by atoms with Crippen LogP contribution in [0.5, 0.6) is 0 Å². The third-order valence-electron chi connectivity index (χ3n) is 6.02. The zero-order valence-electron chi connectivity index (χ0n) is 21.2. The van der Waals surface area contributed by atoms with E-state index in [0.29, 0.717) is 33.7 Å². The summed E-state index contributed by atoms with van der Waals surface area (Å²) in [6, 6.07) is 11.4. The SMILES string of the molecule is C=C(/C=C\C(NC(C)c1cc(C)cc2c(=O)c(C)c(-c3cccc(C#N)c3)oc12)=C(/C)C(=O)O)C(F)(F)F. The smallest absolute Gasteiger partial charge is 0.415 e. The topological polar surface area (TPSA) is 103 Å². The van der Waals surface area contributed by atoms with Crippen molar-refractivity contribution in [1.82, 2.24) is 5.32 Å². The molecule has 0 aliphatic carbocycles. The molecule has 0 amide bonds. The minimum atomic E-state index is -4.67. The quantitative estimate of drug-likeness (QED) is 0.267. The van der Waals surface area contributed by atoms with Crippen LogP contribution in [0, 0.1) is 25.2 Å². The number of nitrogens with one attached hydrogen (secondary N) is 1. The lowest BCUT2D eigenvalue weighted by molar-refractivity contribution is -0.132. The van der Waals surface area contributed by atoms with Crippen LogP contribution in [-0.2, 0) is 4.79 Å². The first-order valence-electron chi connectivity index (χ1n) is 11.5. The van der Waals surface area contributed by atoms with Gasteiger partial charge in [0.05, 0.1) is 28.6 Å². The van der Waals surface area contributed by atoms with Crippen LogP contribution in [0.2, 0.25) is 0 Å². The average molecular weight is 523 g/mol. The highest BCUT2D eigenvalue weighted by Gasteiger charge is 2.30. The van der Waals surface area contributed by atoms with Crippen LogP contribution in [0.3, 0.4) is 0 Å². The average Bonchev–Trinajstić information content (AvgIpc) is 2.86. The Morgan fingerprint density at radius 2 is 1.89 bits per heavy atom. The lowest BCUT2D eigenvalue weighted by Crippen LogP contribution is -2.21. The van der Waals surface area contributed by atoms with Crippen LogP contribution < -0.4 is 10.7 Å². The Labute approximate surface area is 217 Å². The second-order valence-electron chi connectivity index (χ2n) is 8.87. The monoisotopic (exact) mass is 522 g/mol. The van der Waals surface area contributed by atoms with Crippen LogP contribution in [0.4, 0.5) is 13.2 Å². The zero-order valence-corrected chi connectivity index (χ0v) is 21.2. The van der Waals surface area contributed by atoms with Crippen LogP contribution in [0.15, 0.2) is 81.2 Å². The highest BCUT2D eigenvalue weighted by atomic mass is 19.4. The molecule has 38 heavy (non-hydrogen) atoms. The molecule has 2 aromatic carbocycles. The van der Waals surface area contributed by atoms with Gasteiger partial charge in [0.15, 0.2) is 5.43 Å². The number of nitriles is 1. The number of carboxylic acid groups (broad SMARTS) is 1. The molecule has 1 atom stereocenters. The van der Waals surface area contributed by atoms with Crippen molar-refractivity contribution in [1.29, 1.82) is 5.26 Å². The van der Waals surface area contributed by atoms with E-state index in [-0.39, 0.29) is 28.0 Å². The molecule has 1 unspecified atom stereocenters. The van der Waals surface area contributed by atoms with Gasteiger partial charge in [-0.05, 0) is 63.6 Å². The summed E-state index contributed by atoms with van der Waals surface area (Å²) in [6.45, 7) is 9.32. The minimum absolute atomic E-state index is 0.0681. The van der Waals surface area contributed by atoms with E-state index in [2.05, 4.69) is 11.9 Å². The molecule has 1 aromatic heterocycles. The Bertz CT molecular complexity index is 1610. The van der Waals surface area contributed by atoms with Gasteiger partial charge in [0.2, 0.25) is 0 Å². The summed E-state index contributed by atoms with van der Waals surface area (Å²) in [5.74, 6) is -1.05. The number of hydrogen-bond donors (Lipinski definition) is 2. The fourth-order valence-corrected chi connectivity index (χ4v) is 3.88. The number of aliphatic carboxylic acids is 1. The number of alkyl halides is 3. The lowest BCUT2D eigenvalue weighted by Gasteiger charge is -2.20. The van der Waals surface area contributed by atoms with Crippen molar-refractivity contribution >= 4 is 16.9 Å². The maximum absolute atomic E-state index is 13.3. The number of allylic oxidation sites excluding steroid dienone is 3. The van der Waals surface area contributed by atoms with Gasteiger partial charge in [0.1, 0.15) is 11.3 Å². The van der Waals surface area contributed by atoms with Crippen molar-refractivity contribution in [3.8, 4) is 17.4 Å². The minimum Gasteiger partial charge on any atom is -0.478 e. The van der Waals surface area contributed by atoms with E-state index >= 15 is 0 Å². The molecule has 3 rings (SSSR count). The van der Waals surface area contributed by atoms with Gasteiger partial charge in [-0.1, -0.05) is 24.8 Å². The standard InChI is InChI=1S/C29H25F3N2O4/c1-15-11-22(19(5)34-24(17(3)28(36)37)10-9-16(2)29(30,31)32)27-23(12-15)25(35)18(4)26(38-27)21-8-6-7-20(13-21)14-33/h6-13,19,34H,2H2,1,3-5H3,(H,36,37)/b10-9-,24-17-. The molecule has 0 bridgehead atoms. The third-order valence-corrected chi connectivity index (χ3v) is 6.02. The van der Waals surface area contributed by atoms with E-state index in [9.17, 15) is 33.1 Å². The van der Waals surface area contributed by atoms with E-state index in [1.807, 2.05) is 6.07 Å². The first-order valence-corrected chi connectivity index (χ1v) is 11.5. The summed E-state index contributed by atoms with van der Waals surface area (Å²) >= 11 is 0. The Morgan fingerprint density at radius 3 is 2.50 bits per heavy atom. The Hall–Kier alpha value is -4.58. The number of aryl methyl sites for hydroxylation is 1. The van der Waals surface area contributed by atoms with Crippen LogP contribution in [-0.4, -0.2) is 17.3 Å². The molecule has 3 aromatic rings. The number of fused-ring (bicyclic) bond motifs is 1. The summed E-state index contributed by atoms with van der Waals surface area (Å²) in [5, 5.41) is 22.0. The first kappa shape index (κ1) is 28.0. The van der Waals surface area contributed by atoms with Crippen LogP contribution >= 0.6 is 0 Å². The predicted octanol–water partition coefficient (Wildman–Crippen LogP) is 6.63. The molecule has 0 aliphatic heterocycles. The summed E-state index contributed by atoms with van der Waals surface area (Å²) in [4.78, 5) is 25.0. The Kier molecular flexibility index (Phi) is 7.96. The molecule has 0 radical (unpaired) electrons. The Balaban J connectivity index is 2.18. The summed E-state index contributed by atoms with van der Waals surface area (Å²) in [7, 11) is 0. The molecule has 2 N–H and O–H groups in total. The second-order valence-corrected chi connectivity index (χ2v) is 8.87. The van der Waals surface area contributed by atoms with Gasteiger partial charge in [-0.15, -0.1) is 0 Å². The number of hydrogen-bond acceptors (Lipinski definition) is 5. The third kappa shape index (κ3) is 5.86. The van der Waals surface area contributed by atoms with Gasteiger partial charge >= 0.3 is 12.1 Å². The fourth-order valence-electron chi connectivity index (χ4n) is 3.88. The largest absolute Gasteiger partial charge is 0.478 e. The summed E-state index contributed by atoms with van der Waals surface area (Å²) in [6.07, 6.45) is -2.97. The van der Waals surface area contributed by atoms with Gasteiger partial charge in [-0.3, -0.25) is 4.79 Å². The number of rotatable bonds is 7. The molecule has 0 saturated carbocycles. The number of nitrogens with zero attached hydrogens (tertiary/aromatic N) is 1. The fraction of sp³-hybridized carbons (Fsp3) is 0.207. The Morgan fingerprint density at radius 1 is 1.21 bits per heavy atom. The van der Waals surface area contributed by atoms with Crippen molar-refractivity contribution < 1.29 is 27.5 Å². The van der Waals surface area contributed by atoms with Gasteiger partial charge in [0, 0.05) is 28.0 Å². The molecule has 1 heterocycles. The van der Waals surface area contributed by atoms with E-state index in [1.54, 1.807) is 57.2 Å². The van der Waals surface area contributed by atoms with Crippen molar-refractivity contribution in [2.24, 2.45) is 0 Å². The number of halogens is 3. The molecule has 0 aliphatic rings. The molecule has 0 saturated heterocycles. The van der Waals surface area contributed by atoms with Crippen molar-refractivity contribution in [2.75, 3.05) is 0 Å². The van der Waals surface area contributed by atoms with E-state index in [1.165, 1.54) is 6.92 Å². The summed E-state index contributed by atoms with van der Waals surface area (Å²) < 4.78 is 45.1. The highest BCUT2D eigenvalue weighted by Crippen LogP contribution is 2.32. The predicted molar refractivity (Wildman–Crippen MR) is 138 cm³/mol. The first-order chi connectivity index (χ1) is 17.7. The molecule has 0 fully saturated rings. The van der Waals surface area contributed by atoms with Crippen molar-refractivity contribution in [3.05, 3.63) is 104 Å². The molecule has 0 spiro atoms. The molecule has 9 heteroatoms. The normalized spacial score (nSPS) is 13.2. The van der Waals surface area contributed by atoms with Crippen molar-refractivity contribution in [2.45, 2.75) is 39.9 Å². The number of carboxylic acids is 1. The summed E-state index contributed by atoms with van der Waals surface area (Å²) in [5.41, 5.74) is 1.02. The number of carbonyl (C=O) groups is 1. The van der Waals surface area contributed by atoms with Gasteiger partial charge in [0.25, 0.3) is 0 Å². The number of benzene rings is 2. The maximum atomic E-state index is 13.3. The molecular formula is C29H25F3N2O4. The van der Waals surface area contributed by atoms with E-state index in [0.717, 1.165) is 11.6 Å². The van der Waals surface area contributed by atoms with Crippen molar-refractivity contribution in [3.63, 3.8) is 0 Å². The van der Waals surface area contributed by atoms with E-state index in [4.69, 9.17) is 4.42 Å². The maximum Gasteiger partial charge on any atom is 0.415 e. The molecular weight excluding hydrogens is 497 g/mol. The highest BCUT2D eigenvalue weighted by molar-refractivity contribution is 5.87. The van der Waals surface area contributed by atoms with Gasteiger partial charge in [-0.2, -0.15) is 18.4 Å². The second kappa shape index (κ2) is 10.8. The zero-order chi connectivity index (χ0) is 28.4. The molecule has 6 nitrogen and oxygen atoms in total. The van der Waals surface area contributed by atoms with E-state index < -0.39 is 23.8 Å². The van der Waals surface area contributed by atoms with Gasteiger partial charge in [-0.25, -0.2) is 4.79 Å². The van der Waals surface area contributed by atoms with Crippen LogP contribution in [0.1, 0.15) is 42.1 Å². The molecule has 196 valence electrons. The van der Waals surface area contributed by atoms with Crippen LogP contribution in [0.25, 0.3) is 22.3 Å².